The number of rotatable bonds is 4. The first kappa shape index (κ1) is 19.5. The van der Waals surface area contributed by atoms with E-state index in [1.165, 1.54) is 22.5 Å². The van der Waals surface area contributed by atoms with Gasteiger partial charge in [0.1, 0.15) is 6.04 Å². The van der Waals surface area contributed by atoms with Crippen LogP contribution < -0.4 is 10.2 Å². The predicted octanol–water partition coefficient (Wildman–Crippen LogP) is 5.67. The molecule has 1 N–H and O–H groups in total. The molecule has 0 aliphatic carbocycles. The van der Waals surface area contributed by atoms with Crippen molar-refractivity contribution in [2.24, 2.45) is 0 Å². The van der Waals surface area contributed by atoms with Gasteiger partial charge in [-0.2, -0.15) is 0 Å². The van der Waals surface area contributed by atoms with Gasteiger partial charge in [-0.25, -0.2) is 0 Å². The van der Waals surface area contributed by atoms with E-state index in [2.05, 4.69) is 107 Å². The van der Waals surface area contributed by atoms with Crippen LogP contribution in [0.4, 0.5) is 5.69 Å². The summed E-state index contributed by atoms with van der Waals surface area (Å²) in [6, 6.07) is 27.2. The van der Waals surface area contributed by atoms with Gasteiger partial charge < -0.3 is 14.8 Å². The smallest absolute Gasteiger partial charge is 0.174 e. The molecule has 0 unspecified atom stereocenters. The highest BCUT2D eigenvalue weighted by Gasteiger charge is 2.42. The van der Waals surface area contributed by atoms with Crippen molar-refractivity contribution in [2.45, 2.75) is 25.9 Å². The summed E-state index contributed by atoms with van der Waals surface area (Å²) in [5.74, 6) is 0. The van der Waals surface area contributed by atoms with Gasteiger partial charge in [-0.15, -0.1) is 0 Å². The van der Waals surface area contributed by atoms with E-state index in [0.29, 0.717) is 5.11 Å². The first-order valence-corrected chi connectivity index (χ1v) is 10.8. The maximum absolute atomic E-state index is 5.86. The number of hydrogen-bond donors (Lipinski definition) is 1. The van der Waals surface area contributed by atoms with Crippen LogP contribution in [0.5, 0.6) is 0 Å². The maximum Gasteiger partial charge on any atom is 0.174 e. The van der Waals surface area contributed by atoms with Gasteiger partial charge in [0.25, 0.3) is 0 Å². The average Bonchev–Trinajstić information content (AvgIpc) is 3.39. The highest BCUT2D eigenvalue weighted by atomic mass is 32.1. The lowest BCUT2D eigenvalue weighted by molar-refractivity contribution is 0.549. The topological polar surface area (TPSA) is 33.1 Å². The molecule has 154 valence electrons. The van der Waals surface area contributed by atoms with Crippen LogP contribution in [0.3, 0.4) is 0 Å². The van der Waals surface area contributed by atoms with E-state index in [0.717, 1.165) is 11.4 Å². The minimum atomic E-state index is -0.0631. The second kappa shape index (κ2) is 8.00. The third-order valence-corrected chi connectivity index (χ3v) is 6.15. The third kappa shape index (κ3) is 3.51. The largest absolute Gasteiger partial charge is 0.351 e. The van der Waals surface area contributed by atoms with Crippen molar-refractivity contribution in [1.82, 2.24) is 14.9 Å². The van der Waals surface area contributed by atoms with Crippen LogP contribution >= 0.6 is 12.2 Å². The van der Waals surface area contributed by atoms with E-state index in [1.54, 1.807) is 0 Å². The van der Waals surface area contributed by atoms with Crippen LogP contribution in [0.15, 0.2) is 91.3 Å². The fourth-order valence-electron chi connectivity index (χ4n) is 4.40. The molecule has 4 aromatic rings. The average molecular weight is 425 g/mol. The molecule has 2 atom stereocenters. The molecule has 1 aliphatic heterocycles. The van der Waals surface area contributed by atoms with Crippen molar-refractivity contribution in [3.63, 3.8) is 0 Å². The first-order valence-electron chi connectivity index (χ1n) is 10.4. The SMILES string of the molecule is Cc1cccc(N2C(=S)N[C@@H](c3ccccn3)[C@H]2c2cccn2-c2ccccc2C)c1. The Hall–Kier alpha value is -3.44. The Bertz CT molecular complexity index is 1230. The minimum Gasteiger partial charge on any atom is -0.351 e. The lowest BCUT2D eigenvalue weighted by atomic mass is 10.00. The highest BCUT2D eigenvalue weighted by Crippen LogP contribution is 2.42. The molecule has 2 aromatic carbocycles. The van der Waals surface area contributed by atoms with Crippen LogP contribution in [0.25, 0.3) is 5.69 Å². The molecule has 4 nitrogen and oxygen atoms in total. The van der Waals surface area contributed by atoms with E-state index in [1.807, 2.05) is 18.3 Å². The zero-order chi connectivity index (χ0) is 21.4. The highest BCUT2D eigenvalue weighted by molar-refractivity contribution is 7.80. The van der Waals surface area contributed by atoms with Crippen LogP contribution in [0, 0.1) is 13.8 Å². The molecule has 0 spiro atoms. The molecule has 5 rings (SSSR count). The summed E-state index contributed by atoms with van der Waals surface area (Å²) in [5, 5.41) is 4.26. The fraction of sp³-hybridized carbons (Fsp3) is 0.154. The number of aromatic nitrogens is 2. The number of pyridine rings is 1. The number of benzene rings is 2. The van der Waals surface area contributed by atoms with Gasteiger partial charge in [0.2, 0.25) is 0 Å². The summed E-state index contributed by atoms with van der Waals surface area (Å²) in [7, 11) is 0. The minimum absolute atomic E-state index is 0.0428. The van der Waals surface area contributed by atoms with E-state index < -0.39 is 0 Å². The summed E-state index contributed by atoms with van der Waals surface area (Å²) in [4.78, 5) is 6.89. The Morgan fingerprint density at radius 2 is 1.74 bits per heavy atom. The Balaban J connectivity index is 1.69. The third-order valence-electron chi connectivity index (χ3n) is 5.84. The quantitative estimate of drug-likeness (QED) is 0.428. The molecule has 0 bridgehead atoms. The number of nitrogens with one attached hydrogen (secondary N) is 1. The second-order valence-corrected chi connectivity index (χ2v) is 8.31. The van der Waals surface area contributed by atoms with Gasteiger partial charge in [0.05, 0.1) is 11.7 Å². The van der Waals surface area contributed by atoms with Crippen molar-refractivity contribution in [3.8, 4) is 5.69 Å². The Labute approximate surface area is 188 Å². The Morgan fingerprint density at radius 1 is 0.903 bits per heavy atom. The molecule has 0 saturated carbocycles. The molecule has 1 saturated heterocycles. The summed E-state index contributed by atoms with van der Waals surface area (Å²) >= 11 is 5.86. The van der Waals surface area contributed by atoms with Crippen LogP contribution in [-0.4, -0.2) is 14.7 Å². The van der Waals surface area contributed by atoms with Gasteiger partial charge in [-0.1, -0.05) is 36.4 Å². The Morgan fingerprint density at radius 3 is 2.52 bits per heavy atom. The summed E-state index contributed by atoms with van der Waals surface area (Å²) in [5.41, 5.74) is 6.82. The zero-order valence-electron chi connectivity index (χ0n) is 17.6. The predicted molar refractivity (Wildman–Crippen MR) is 130 cm³/mol. The lowest BCUT2D eigenvalue weighted by Crippen LogP contribution is -2.30. The van der Waals surface area contributed by atoms with Crippen molar-refractivity contribution in [2.75, 3.05) is 4.90 Å². The number of thiocarbonyl (C=S) groups is 1. The monoisotopic (exact) mass is 424 g/mol. The van der Waals surface area contributed by atoms with Crippen LogP contribution in [0.1, 0.15) is 34.6 Å². The van der Waals surface area contributed by atoms with Crippen molar-refractivity contribution >= 4 is 23.0 Å². The fourth-order valence-corrected chi connectivity index (χ4v) is 4.75. The molecule has 2 aromatic heterocycles. The second-order valence-electron chi connectivity index (χ2n) is 7.93. The molecule has 0 radical (unpaired) electrons. The van der Waals surface area contributed by atoms with Gasteiger partial charge in [0, 0.05) is 29.5 Å². The summed E-state index contributed by atoms with van der Waals surface area (Å²) < 4.78 is 2.27. The van der Waals surface area contributed by atoms with Crippen molar-refractivity contribution in [3.05, 3.63) is 114 Å². The van der Waals surface area contributed by atoms with Gasteiger partial charge in [-0.05, 0) is 79.7 Å². The summed E-state index contributed by atoms with van der Waals surface area (Å²) in [6.07, 6.45) is 3.97. The van der Waals surface area contributed by atoms with E-state index in [-0.39, 0.29) is 12.1 Å². The normalized spacial score (nSPS) is 18.3. The molecule has 5 heteroatoms. The van der Waals surface area contributed by atoms with Crippen LogP contribution in [0.2, 0.25) is 0 Å². The lowest BCUT2D eigenvalue weighted by Gasteiger charge is -2.29. The molecule has 3 heterocycles. The number of para-hydroxylation sites is 1. The first-order chi connectivity index (χ1) is 15.1. The van der Waals surface area contributed by atoms with Crippen LogP contribution in [-0.2, 0) is 0 Å². The summed E-state index contributed by atoms with van der Waals surface area (Å²) in [6.45, 7) is 4.25. The molecule has 1 aliphatic rings. The molecular formula is C26H24N4S. The molecule has 1 fully saturated rings. The number of aryl methyl sites for hydroxylation is 2. The maximum atomic E-state index is 5.86. The molecule has 31 heavy (non-hydrogen) atoms. The molecular weight excluding hydrogens is 400 g/mol. The van der Waals surface area contributed by atoms with Crippen molar-refractivity contribution < 1.29 is 0 Å². The van der Waals surface area contributed by atoms with Gasteiger partial charge in [-0.3, -0.25) is 4.98 Å². The Kier molecular flexibility index (Phi) is 5.04. The van der Waals surface area contributed by atoms with Gasteiger partial charge >= 0.3 is 0 Å². The number of anilines is 1. The standard InChI is InChI=1S/C26H24N4S/c1-18-9-7-11-20(17-18)30-25(24(28-26(30)31)21-12-5-6-15-27-21)23-14-8-16-29(23)22-13-4-3-10-19(22)2/h3-17,24-25H,1-2H3,(H,28,31)/t24-,25+/m0/s1. The molecule has 0 amide bonds. The van der Waals surface area contributed by atoms with Gasteiger partial charge in [0.15, 0.2) is 5.11 Å². The van der Waals surface area contributed by atoms with Crippen molar-refractivity contribution in [1.29, 1.82) is 0 Å². The van der Waals surface area contributed by atoms with E-state index in [4.69, 9.17) is 12.2 Å². The van der Waals surface area contributed by atoms with E-state index >= 15 is 0 Å². The number of nitrogens with zero attached hydrogens (tertiary/aromatic N) is 3. The number of hydrogen-bond acceptors (Lipinski definition) is 2. The van der Waals surface area contributed by atoms with E-state index in [9.17, 15) is 0 Å². The zero-order valence-corrected chi connectivity index (χ0v) is 18.4.